The molecule has 0 radical (unpaired) electrons. The highest BCUT2D eigenvalue weighted by atomic mass is 16.3. The molecule has 0 fully saturated rings. The van der Waals surface area contributed by atoms with Gasteiger partial charge in [-0.15, -0.1) is 0 Å². The predicted octanol–water partition coefficient (Wildman–Crippen LogP) is -2.57. The van der Waals surface area contributed by atoms with Crippen LogP contribution in [0.3, 0.4) is 0 Å². The van der Waals surface area contributed by atoms with Gasteiger partial charge in [0.15, 0.2) is 11.9 Å². The number of hydrogen-bond donors (Lipinski definition) is 17. The monoisotopic (exact) mass is 1320 g/mol. The van der Waals surface area contributed by atoms with Crippen LogP contribution in [0.5, 0.6) is 0 Å². The van der Waals surface area contributed by atoms with Gasteiger partial charge in [0.25, 0.3) is 0 Å². The van der Waals surface area contributed by atoms with E-state index in [1.807, 2.05) is 0 Å². The van der Waals surface area contributed by atoms with Crippen LogP contribution in [0, 0.1) is 5.92 Å². The van der Waals surface area contributed by atoms with Crippen LogP contribution < -0.4 is 88.0 Å². The molecule has 4 rings (SSSR count). The van der Waals surface area contributed by atoms with Gasteiger partial charge in [0.05, 0.1) is 12.6 Å². The molecule has 11 atom stereocenters. The molecule has 0 saturated heterocycles. The summed E-state index contributed by atoms with van der Waals surface area (Å²) < 4.78 is 0. The van der Waals surface area contributed by atoms with E-state index in [0.717, 1.165) is 0 Å². The largest absolute Gasteiger partial charge is 0.391 e. The molecular formula is C66H96N18O11. The van der Waals surface area contributed by atoms with Crippen molar-refractivity contribution in [3.8, 4) is 0 Å². The Hall–Kier alpha value is -10.0. The van der Waals surface area contributed by atoms with E-state index in [-0.39, 0.29) is 95.8 Å². The lowest BCUT2D eigenvalue weighted by atomic mass is 9.96. The van der Waals surface area contributed by atoms with E-state index in [0.29, 0.717) is 35.1 Å². The van der Waals surface area contributed by atoms with Gasteiger partial charge in [-0.05, 0) is 86.6 Å². The highest BCUT2D eigenvalue weighted by Gasteiger charge is 2.37. The van der Waals surface area contributed by atoms with Gasteiger partial charge in [-0.25, -0.2) is 0 Å². The summed E-state index contributed by atoms with van der Waals surface area (Å²) >= 11 is 0. The number of primary amides is 1. The van der Waals surface area contributed by atoms with Crippen molar-refractivity contribution < 1.29 is 53.1 Å². The lowest BCUT2D eigenvalue weighted by molar-refractivity contribution is -0.137. The zero-order valence-corrected chi connectivity index (χ0v) is 54.2. The van der Waals surface area contributed by atoms with E-state index in [1.54, 1.807) is 135 Å². The van der Waals surface area contributed by atoms with Crippen LogP contribution in [-0.4, -0.2) is 163 Å². The standard InChI is InChI=1S/C66H96N18O11/c1-4-40(2)54(63(94)79-48(31-20-34-75-66(72)73)59(90)84-55(41(3)85)64(95)82-52(38-45-27-15-8-16-28-45)62(93)80-49(56(69)87)35-42-21-9-5-10-22-42)83-58(89)47(30-19-33-74-65(70)71)77-57(88)46(29-17-18-32-67)78-61(92)51(37-44-25-13-7-14-26-44)81-60(91)50(76-53(86)39-68)36-43-23-11-6-12-24-43/h5-16,21-28,40-41,46-52,54-55,85H,4,17-20,29-39,67-68H2,1-3H3,(H2,69,87)(H,76,86)(H,77,88)(H,78,92)(H,79,94)(H,80,93)(H,81,91)(H,82,95)(H,83,89)(H,84,90)(H4,70,71,74)(H4,72,73,75)/t40-,41+,46-,47-,48-,49-,50-,51-,52-,54-,55-/m0/s1. The van der Waals surface area contributed by atoms with Gasteiger partial charge in [0.2, 0.25) is 59.1 Å². The van der Waals surface area contributed by atoms with E-state index in [9.17, 15) is 53.1 Å². The van der Waals surface area contributed by atoms with Crippen molar-refractivity contribution in [2.24, 2.45) is 56.0 Å². The minimum Gasteiger partial charge on any atom is -0.391 e. The number of guanidine groups is 2. The van der Waals surface area contributed by atoms with Gasteiger partial charge in [-0.2, -0.15) is 0 Å². The van der Waals surface area contributed by atoms with Gasteiger partial charge >= 0.3 is 0 Å². The topological polar surface area (TPSA) is 506 Å². The van der Waals surface area contributed by atoms with Crippen molar-refractivity contribution in [3.63, 3.8) is 0 Å². The minimum atomic E-state index is -1.75. The summed E-state index contributed by atoms with van der Waals surface area (Å²) in [5.41, 5.74) is 42.3. The number of aliphatic hydroxyl groups excluding tert-OH is 1. The minimum absolute atomic E-state index is 0.0119. The number of unbranched alkanes of at least 4 members (excludes halogenated alkanes) is 1. The first-order chi connectivity index (χ1) is 45.4. The van der Waals surface area contributed by atoms with Gasteiger partial charge in [-0.1, -0.05) is 142 Å². The van der Waals surface area contributed by atoms with Crippen LogP contribution in [0.2, 0.25) is 0 Å². The van der Waals surface area contributed by atoms with Crippen molar-refractivity contribution in [1.82, 2.24) is 47.9 Å². The Morgan fingerprint density at radius 1 is 0.389 bits per heavy atom. The van der Waals surface area contributed by atoms with Crippen LogP contribution in [0.25, 0.3) is 0 Å². The maximum Gasteiger partial charge on any atom is 0.245 e. The summed E-state index contributed by atoms with van der Waals surface area (Å²) in [7, 11) is 0. The molecule has 0 aromatic heterocycles. The normalized spacial score (nSPS) is 14.4. The summed E-state index contributed by atoms with van der Waals surface area (Å²) in [4.78, 5) is 149. The first-order valence-corrected chi connectivity index (χ1v) is 31.8. The van der Waals surface area contributed by atoms with Gasteiger partial charge < -0.3 is 93.1 Å². The Morgan fingerprint density at radius 2 is 0.695 bits per heavy atom. The summed E-state index contributed by atoms with van der Waals surface area (Å²) in [6, 6.07) is 22.6. The number of nitrogens with zero attached hydrogens (tertiary/aromatic N) is 2. The van der Waals surface area contributed by atoms with E-state index in [1.165, 1.54) is 6.92 Å². The highest BCUT2D eigenvalue weighted by molar-refractivity contribution is 5.99. The number of hydrogen-bond acceptors (Lipinski definition) is 15. The average molecular weight is 1320 g/mol. The Kier molecular flexibility index (Phi) is 33.9. The second-order valence-electron chi connectivity index (χ2n) is 23.1. The second-order valence-corrected chi connectivity index (χ2v) is 23.1. The quantitative estimate of drug-likeness (QED) is 0.0123. The molecule has 10 amide bonds. The first-order valence-electron chi connectivity index (χ1n) is 31.8. The molecule has 0 heterocycles. The molecule has 0 aliphatic heterocycles. The number of amides is 10. The molecule has 0 aliphatic carbocycles. The third kappa shape index (κ3) is 28.4. The predicted molar refractivity (Wildman–Crippen MR) is 360 cm³/mol. The van der Waals surface area contributed by atoms with Crippen molar-refractivity contribution in [3.05, 3.63) is 144 Å². The number of carbonyl (C=O) groups excluding carboxylic acids is 10. The molecule has 4 aromatic rings. The van der Waals surface area contributed by atoms with Crippen LogP contribution in [0.15, 0.2) is 131 Å². The molecule has 0 aliphatic rings. The van der Waals surface area contributed by atoms with E-state index in [2.05, 4.69) is 57.8 Å². The van der Waals surface area contributed by atoms with Gasteiger partial charge in [0.1, 0.15) is 54.4 Å². The zero-order chi connectivity index (χ0) is 69.8. The van der Waals surface area contributed by atoms with E-state index >= 15 is 0 Å². The Balaban J connectivity index is 1.64. The molecule has 0 saturated carbocycles. The molecule has 29 heteroatoms. The van der Waals surface area contributed by atoms with E-state index < -0.39 is 132 Å². The van der Waals surface area contributed by atoms with E-state index in [4.69, 9.17) is 40.1 Å². The molecule has 29 nitrogen and oxygen atoms in total. The van der Waals surface area contributed by atoms with Crippen molar-refractivity contribution in [2.45, 2.75) is 158 Å². The average Bonchev–Trinajstić information content (AvgIpc) is 1.29. The Morgan fingerprint density at radius 3 is 1.05 bits per heavy atom. The van der Waals surface area contributed by atoms with Crippen molar-refractivity contribution in [1.29, 1.82) is 0 Å². The van der Waals surface area contributed by atoms with Crippen molar-refractivity contribution in [2.75, 3.05) is 26.2 Å². The number of aliphatic imine (C=N–C) groups is 2. The number of rotatable bonds is 42. The smallest absolute Gasteiger partial charge is 0.245 e. The summed E-state index contributed by atoms with van der Waals surface area (Å²) in [5.74, 6) is -9.39. The van der Waals surface area contributed by atoms with Gasteiger partial charge in [-0.3, -0.25) is 57.9 Å². The number of carbonyl (C=O) groups is 10. The first kappa shape index (κ1) is 77.4. The third-order valence-corrected chi connectivity index (χ3v) is 15.5. The maximum atomic E-state index is 14.8. The molecule has 95 heavy (non-hydrogen) atoms. The SMILES string of the molecule is CC[C@H](C)[C@H](NC(=O)[C@H](CCCN=C(N)N)NC(=O)[C@H](CCCCN)NC(=O)[C@H](Cc1ccccc1)NC(=O)[C@H](Cc1ccccc1)NC(=O)CN)C(=O)N[C@@H](CCCN=C(N)N)C(=O)N[C@H](C(=O)N[C@@H](Cc1ccccc1)C(=O)N[C@@H](Cc1ccccc1)C(N)=O)[C@@H](C)O. The maximum absolute atomic E-state index is 14.8. The summed E-state index contributed by atoms with van der Waals surface area (Å²) in [6.45, 7) is 4.47. The molecule has 0 unspecified atom stereocenters. The fourth-order valence-electron chi connectivity index (χ4n) is 10.0. The molecule has 0 bridgehead atoms. The summed E-state index contributed by atoms with van der Waals surface area (Å²) in [5, 5.41) is 35.3. The van der Waals surface area contributed by atoms with Crippen LogP contribution in [0.1, 0.15) is 94.4 Å². The fourth-order valence-corrected chi connectivity index (χ4v) is 10.0. The highest BCUT2D eigenvalue weighted by Crippen LogP contribution is 2.15. The molecule has 24 N–H and O–H groups in total. The van der Waals surface area contributed by atoms with Crippen LogP contribution in [-0.2, 0) is 73.6 Å². The Labute approximate surface area is 553 Å². The van der Waals surface area contributed by atoms with Crippen molar-refractivity contribution >= 4 is 71.0 Å². The lowest BCUT2D eigenvalue weighted by Crippen LogP contribution is -2.62. The molecule has 0 spiro atoms. The Bertz CT molecular complexity index is 3160. The lowest BCUT2D eigenvalue weighted by Gasteiger charge is -2.30. The van der Waals surface area contributed by atoms with Gasteiger partial charge in [0, 0.05) is 38.8 Å². The molecule has 4 aromatic carbocycles. The third-order valence-electron chi connectivity index (χ3n) is 15.5. The fraction of sp³-hybridized carbons (Fsp3) is 0.455. The summed E-state index contributed by atoms with van der Waals surface area (Å²) in [6.07, 6.45) is -0.655. The number of aliphatic hydroxyl groups is 1. The zero-order valence-electron chi connectivity index (χ0n) is 54.2. The molecular weight excluding hydrogens is 1220 g/mol. The number of nitrogens with one attached hydrogen (secondary N) is 9. The second kappa shape index (κ2) is 41.6. The molecule has 516 valence electrons. The number of nitrogens with two attached hydrogens (primary N) is 7. The number of benzene rings is 4. The van der Waals surface area contributed by atoms with Crippen LogP contribution in [0.4, 0.5) is 0 Å². The van der Waals surface area contributed by atoms with Crippen LogP contribution >= 0.6 is 0 Å².